The van der Waals surface area contributed by atoms with Gasteiger partial charge in [0, 0.05) is 50.2 Å². The highest BCUT2D eigenvalue weighted by atomic mass is 19.2. The number of nitrogens with zero attached hydrogens (tertiary/aromatic N) is 2. The summed E-state index contributed by atoms with van der Waals surface area (Å²) in [5.74, 6) is -1.13. The summed E-state index contributed by atoms with van der Waals surface area (Å²) in [6, 6.07) is 9.94. The van der Waals surface area contributed by atoms with Gasteiger partial charge in [-0.1, -0.05) is 0 Å². The molecule has 1 atom stereocenters. The number of primary amides is 1. The second kappa shape index (κ2) is 9.53. The zero-order chi connectivity index (χ0) is 20.8. The number of anilines is 2. The zero-order valence-corrected chi connectivity index (χ0v) is 15.9. The standard InChI is InChI=1S/C20H24F2N4O3/c21-18-6-3-15(11-19(18)22)26-9-7-25(8-10-26)12-16(27)13-29-17-4-1-14(2-5-17)24-20(23)28/h1-6,11,16,27H,7-10,12-13H2,(H3,23,24,28)/t16-/m1/s1. The van der Waals surface area contributed by atoms with Gasteiger partial charge in [-0.2, -0.15) is 0 Å². The van der Waals surface area contributed by atoms with Gasteiger partial charge >= 0.3 is 6.03 Å². The molecule has 9 heteroatoms. The minimum atomic E-state index is -0.853. The fourth-order valence-corrected chi connectivity index (χ4v) is 3.19. The lowest BCUT2D eigenvalue weighted by Crippen LogP contribution is -2.49. The van der Waals surface area contributed by atoms with E-state index in [1.165, 1.54) is 6.07 Å². The van der Waals surface area contributed by atoms with Crippen molar-refractivity contribution in [1.82, 2.24) is 4.90 Å². The topological polar surface area (TPSA) is 91.1 Å². The Hall–Kier alpha value is -2.91. The van der Waals surface area contributed by atoms with Crippen molar-refractivity contribution >= 4 is 17.4 Å². The smallest absolute Gasteiger partial charge is 0.316 e. The third-order valence-corrected chi connectivity index (χ3v) is 4.67. The average molecular weight is 406 g/mol. The zero-order valence-electron chi connectivity index (χ0n) is 15.9. The first-order valence-electron chi connectivity index (χ1n) is 9.30. The lowest BCUT2D eigenvalue weighted by Gasteiger charge is -2.36. The number of hydrogen-bond acceptors (Lipinski definition) is 5. The summed E-state index contributed by atoms with van der Waals surface area (Å²) in [4.78, 5) is 14.9. The van der Waals surface area contributed by atoms with Gasteiger partial charge in [-0.15, -0.1) is 0 Å². The maximum Gasteiger partial charge on any atom is 0.316 e. The van der Waals surface area contributed by atoms with Crippen molar-refractivity contribution in [3.8, 4) is 5.75 Å². The van der Waals surface area contributed by atoms with Gasteiger partial charge in [0.2, 0.25) is 0 Å². The molecule has 1 heterocycles. The van der Waals surface area contributed by atoms with Gasteiger partial charge in [0.05, 0.1) is 0 Å². The number of urea groups is 1. The second-order valence-corrected chi connectivity index (χ2v) is 6.86. The number of halogens is 2. The van der Waals surface area contributed by atoms with E-state index in [-0.39, 0.29) is 6.61 Å². The van der Waals surface area contributed by atoms with Gasteiger partial charge in [-0.25, -0.2) is 13.6 Å². The Kier molecular flexibility index (Phi) is 6.84. The molecule has 0 radical (unpaired) electrons. The number of ether oxygens (including phenoxy) is 1. The first kappa shape index (κ1) is 20.8. The van der Waals surface area contributed by atoms with Crippen molar-refractivity contribution in [2.24, 2.45) is 5.73 Å². The Morgan fingerprint density at radius 3 is 2.41 bits per heavy atom. The predicted molar refractivity (Wildman–Crippen MR) is 106 cm³/mol. The van der Waals surface area contributed by atoms with Gasteiger partial charge < -0.3 is 25.8 Å². The average Bonchev–Trinajstić information content (AvgIpc) is 2.70. The van der Waals surface area contributed by atoms with E-state index in [1.807, 2.05) is 4.90 Å². The normalized spacial score (nSPS) is 15.8. The van der Waals surface area contributed by atoms with Crippen molar-refractivity contribution in [3.63, 3.8) is 0 Å². The molecule has 2 aromatic carbocycles. The first-order valence-corrected chi connectivity index (χ1v) is 9.30. The molecule has 4 N–H and O–H groups in total. The Morgan fingerprint density at radius 2 is 1.79 bits per heavy atom. The fourth-order valence-electron chi connectivity index (χ4n) is 3.19. The Bertz CT molecular complexity index is 827. The highest BCUT2D eigenvalue weighted by molar-refractivity contribution is 5.87. The molecule has 1 fully saturated rings. The summed E-state index contributed by atoms with van der Waals surface area (Å²) >= 11 is 0. The molecular formula is C20H24F2N4O3. The number of nitrogens with two attached hydrogens (primary N) is 1. The van der Waals surface area contributed by atoms with E-state index < -0.39 is 23.8 Å². The molecule has 0 unspecified atom stereocenters. The quantitative estimate of drug-likeness (QED) is 0.655. The predicted octanol–water partition coefficient (Wildman–Crippen LogP) is 2.02. The number of nitrogens with one attached hydrogen (secondary N) is 1. The van der Waals surface area contributed by atoms with Crippen molar-refractivity contribution in [2.45, 2.75) is 6.10 Å². The van der Waals surface area contributed by atoms with E-state index in [0.717, 1.165) is 6.07 Å². The highest BCUT2D eigenvalue weighted by Crippen LogP contribution is 2.20. The van der Waals surface area contributed by atoms with Crippen LogP contribution in [0.3, 0.4) is 0 Å². The van der Waals surface area contributed by atoms with Crippen LogP contribution >= 0.6 is 0 Å². The number of piperazine rings is 1. The lowest BCUT2D eigenvalue weighted by molar-refractivity contribution is 0.0663. The van der Waals surface area contributed by atoms with Crippen molar-refractivity contribution in [2.75, 3.05) is 49.5 Å². The summed E-state index contributed by atoms with van der Waals surface area (Å²) in [5, 5.41) is 12.7. The monoisotopic (exact) mass is 406 g/mol. The van der Waals surface area contributed by atoms with Crippen LogP contribution in [0.1, 0.15) is 0 Å². The van der Waals surface area contributed by atoms with Gasteiger partial charge in [0.1, 0.15) is 18.5 Å². The highest BCUT2D eigenvalue weighted by Gasteiger charge is 2.20. The van der Waals surface area contributed by atoms with Crippen LogP contribution in [0.25, 0.3) is 0 Å². The number of benzene rings is 2. The molecule has 0 spiro atoms. The van der Waals surface area contributed by atoms with E-state index in [4.69, 9.17) is 10.5 Å². The molecule has 1 aliphatic heterocycles. The van der Waals surface area contributed by atoms with Crippen molar-refractivity contribution in [1.29, 1.82) is 0 Å². The molecule has 2 amide bonds. The van der Waals surface area contributed by atoms with Crippen LogP contribution in [0, 0.1) is 11.6 Å². The summed E-state index contributed by atoms with van der Waals surface area (Å²) in [5.41, 5.74) is 6.26. The van der Waals surface area contributed by atoms with E-state index in [9.17, 15) is 18.7 Å². The third kappa shape index (κ3) is 6.03. The van der Waals surface area contributed by atoms with Crippen LogP contribution in [0.2, 0.25) is 0 Å². The van der Waals surface area contributed by atoms with Crippen molar-refractivity contribution in [3.05, 3.63) is 54.1 Å². The summed E-state index contributed by atoms with van der Waals surface area (Å²) in [6.07, 6.45) is -0.673. The Labute approximate surface area is 167 Å². The minimum absolute atomic E-state index is 0.131. The number of amides is 2. The number of β-amino-alcohol motifs (C(OH)–C–C–N with tert-alkyl or cyclic N) is 1. The maximum absolute atomic E-state index is 13.4. The van der Waals surface area contributed by atoms with E-state index in [0.29, 0.717) is 49.8 Å². The molecule has 2 aromatic rings. The second-order valence-electron chi connectivity index (χ2n) is 6.86. The summed E-state index contributed by atoms with van der Waals surface area (Å²) in [6.45, 7) is 3.30. The largest absolute Gasteiger partial charge is 0.491 e. The molecule has 1 aliphatic rings. The Balaban J connectivity index is 1.40. The van der Waals surface area contributed by atoms with Crippen molar-refractivity contribution < 1.29 is 23.4 Å². The molecular weight excluding hydrogens is 382 g/mol. The van der Waals surface area contributed by atoms with Gasteiger partial charge in [-0.3, -0.25) is 4.90 Å². The lowest BCUT2D eigenvalue weighted by atomic mass is 10.2. The number of aliphatic hydroxyl groups is 1. The number of carbonyl (C=O) groups is 1. The molecule has 0 aliphatic carbocycles. The van der Waals surface area contributed by atoms with Crippen LogP contribution in [0.4, 0.5) is 25.0 Å². The molecule has 1 saturated heterocycles. The number of aliphatic hydroxyl groups excluding tert-OH is 1. The third-order valence-electron chi connectivity index (χ3n) is 4.67. The number of hydrogen-bond donors (Lipinski definition) is 3. The summed E-state index contributed by atoms with van der Waals surface area (Å²) in [7, 11) is 0. The maximum atomic E-state index is 13.4. The van der Waals surface area contributed by atoms with Gasteiger partial charge in [-0.05, 0) is 36.4 Å². The molecule has 29 heavy (non-hydrogen) atoms. The Morgan fingerprint density at radius 1 is 1.10 bits per heavy atom. The molecule has 0 aromatic heterocycles. The molecule has 156 valence electrons. The van der Waals surface area contributed by atoms with E-state index >= 15 is 0 Å². The molecule has 7 nitrogen and oxygen atoms in total. The van der Waals surface area contributed by atoms with Crippen LogP contribution < -0.4 is 20.7 Å². The van der Waals surface area contributed by atoms with Crippen LogP contribution in [-0.2, 0) is 0 Å². The number of rotatable bonds is 7. The van der Waals surface area contributed by atoms with Crippen LogP contribution in [-0.4, -0.2) is 61.5 Å². The minimum Gasteiger partial charge on any atom is -0.491 e. The first-order chi connectivity index (χ1) is 13.9. The SMILES string of the molecule is NC(=O)Nc1ccc(OC[C@H](O)CN2CCN(c3ccc(F)c(F)c3)CC2)cc1. The summed E-state index contributed by atoms with van der Waals surface area (Å²) < 4.78 is 32.1. The van der Waals surface area contributed by atoms with Gasteiger partial charge in [0.15, 0.2) is 11.6 Å². The van der Waals surface area contributed by atoms with E-state index in [2.05, 4.69) is 10.2 Å². The fraction of sp³-hybridized carbons (Fsp3) is 0.350. The van der Waals surface area contributed by atoms with Crippen LogP contribution in [0.5, 0.6) is 5.75 Å². The number of carbonyl (C=O) groups excluding carboxylic acids is 1. The van der Waals surface area contributed by atoms with E-state index in [1.54, 1.807) is 30.3 Å². The van der Waals surface area contributed by atoms with Gasteiger partial charge in [0.25, 0.3) is 0 Å². The molecule has 0 bridgehead atoms. The molecule has 3 rings (SSSR count). The van der Waals surface area contributed by atoms with Crippen LogP contribution in [0.15, 0.2) is 42.5 Å². The molecule has 0 saturated carbocycles.